The van der Waals surface area contributed by atoms with Gasteiger partial charge in [-0.1, -0.05) is 30.3 Å². The maximum Gasteiger partial charge on any atom is 0.244 e. The second-order valence-electron chi connectivity index (χ2n) is 8.19. The van der Waals surface area contributed by atoms with Gasteiger partial charge in [0.05, 0.1) is 19.3 Å². The second-order valence-corrected chi connectivity index (χ2v) is 8.19. The van der Waals surface area contributed by atoms with Crippen molar-refractivity contribution in [3.05, 3.63) is 84.2 Å². The lowest BCUT2D eigenvalue weighted by Gasteiger charge is -2.21. The Balaban J connectivity index is 1.48. The minimum atomic E-state index is -0.299. The van der Waals surface area contributed by atoms with Crippen LogP contribution in [0.5, 0.6) is 5.75 Å². The van der Waals surface area contributed by atoms with E-state index in [1.54, 1.807) is 30.3 Å². The second kappa shape index (κ2) is 10.9. The summed E-state index contributed by atoms with van der Waals surface area (Å²) < 4.78 is 18.7. The largest absolute Gasteiger partial charge is 0.495 e. The molecular weight excluding hydrogens is 445 g/mol. The molecule has 1 heterocycles. The van der Waals surface area contributed by atoms with E-state index in [4.69, 9.17) is 4.74 Å². The summed E-state index contributed by atoms with van der Waals surface area (Å²) in [5, 5.41) is 3.84. The molecule has 180 valence electrons. The summed E-state index contributed by atoms with van der Waals surface area (Å²) in [6.07, 6.45) is 0.728. The third kappa shape index (κ3) is 5.51. The Hall–Kier alpha value is -4.13. The predicted octanol–water partition coefficient (Wildman–Crippen LogP) is 5.40. The zero-order valence-corrected chi connectivity index (χ0v) is 19.8. The lowest BCUT2D eigenvalue weighted by molar-refractivity contribution is -0.134. The molecule has 0 atom stereocenters. The van der Waals surface area contributed by atoms with Crippen LogP contribution in [0.15, 0.2) is 72.8 Å². The number of H-pyrrole nitrogens is 1. The Morgan fingerprint density at radius 1 is 1.00 bits per heavy atom. The molecule has 3 aromatic carbocycles. The van der Waals surface area contributed by atoms with Gasteiger partial charge in [0.1, 0.15) is 11.6 Å². The zero-order valence-electron chi connectivity index (χ0n) is 19.8. The number of nitrogens with one attached hydrogen (secondary N) is 2. The van der Waals surface area contributed by atoms with E-state index in [-0.39, 0.29) is 30.6 Å². The van der Waals surface area contributed by atoms with Gasteiger partial charge in [-0.25, -0.2) is 4.39 Å². The van der Waals surface area contributed by atoms with Crippen LogP contribution < -0.4 is 10.1 Å². The number of methoxy groups -OCH3 is 1. The lowest BCUT2D eigenvalue weighted by Crippen LogP contribution is -2.38. The molecule has 4 rings (SSSR count). The predicted molar refractivity (Wildman–Crippen MR) is 136 cm³/mol. The number of fused-ring (bicyclic) bond motifs is 1. The van der Waals surface area contributed by atoms with Crippen LogP contribution in [0.25, 0.3) is 22.2 Å². The maximum atomic E-state index is 13.5. The molecule has 0 spiro atoms. The molecule has 1 aromatic heterocycles. The minimum absolute atomic E-state index is 0.0495. The summed E-state index contributed by atoms with van der Waals surface area (Å²) in [6.45, 7) is 2.22. The summed E-state index contributed by atoms with van der Waals surface area (Å²) in [5.74, 6) is -0.142. The van der Waals surface area contributed by atoms with E-state index in [1.807, 2.05) is 37.3 Å². The molecule has 0 bridgehead atoms. The average molecular weight is 474 g/mol. The first-order chi connectivity index (χ1) is 17.0. The molecule has 0 aliphatic heterocycles. The van der Waals surface area contributed by atoms with Crippen LogP contribution >= 0.6 is 0 Å². The molecule has 0 unspecified atom stereocenters. The molecule has 0 aliphatic carbocycles. The fraction of sp³-hybridized carbons (Fsp3) is 0.214. The Morgan fingerprint density at radius 3 is 2.46 bits per heavy atom. The number of hydrogen-bond donors (Lipinski definition) is 2. The van der Waals surface area contributed by atoms with E-state index in [9.17, 15) is 14.0 Å². The van der Waals surface area contributed by atoms with Crippen molar-refractivity contribution in [2.45, 2.75) is 19.8 Å². The highest BCUT2D eigenvalue weighted by Crippen LogP contribution is 2.31. The fourth-order valence-electron chi connectivity index (χ4n) is 4.20. The molecule has 0 radical (unpaired) electrons. The van der Waals surface area contributed by atoms with Crippen LogP contribution in [0.1, 0.15) is 18.9 Å². The van der Waals surface area contributed by atoms with Crippen molar-refractivity contribution in [1.29, 1.82) is 0 Å². The normalized spacial score (nSPS) is 10.8. The molecule has 35 heavy (non-hydrogen) atoms. The first-order valence-corrected chi connectivity index (χ1v) is 11.6. The standard InChI is InChI=1S/C28H28FN3O3/c1-3-32(18-26(33)30-24-10-6-7-11-25(24)35-2)27(34)17-16-22-21-8-4-5-9-23(21)31-28(22)19-12-14-20(29)15-13-19/h4-15,31H,3,16-18H2,1-2H3,(H,30,33). The summed E-state index contributed by atoms with van der Waals surface area (Å²) in [4.78, 5) is 30.7. The van der Waals surface area contributed by atoms with Gasteiger partial charge in [0.25, 0.3) is 0 Å². The summed E-state index contributed by atoms with van der Waals surface area (Å²) >= 11 is 0. The van der Waals surface area contributed by atoms with Gasteiger partial charge in [0.2, 0.25) is 11.8 Å². The number of nitrogens with zero attached hydrogens (tertiary/aromatic N) is 1. The van der Waals surface area contributed by atoms with E-state index in [0.29, 0.717) is 24.4 Å². The SMILES string of the molecule is CCN(CC(=O)Nc1ccccc1OC)C(=O)CCc1c(-c2ccc(F)cc2)[nH]c2ccccc12. The average Bonchev–Trinajstić information content (AvgIpc) is 3.25. The van der Waals surface area contributed by atoms with Gasteiger partial charge in [0.15, 0.2) is 0 Å². The van der Waals surface area contributed by atoms with Crippen LogP contribution in [0.3, 0.4) is 0 Å². The first-order valence-electron chi connectivity index (χ1n) is 11.6. The van der Waals surface area contributed by atoms with Crippen molar-refractivity contribution < 1.29 is 18.7 Å². The van der Waals surface area contributed by atoms with Gasteiger partial charge in [-0.3, -0.25) is 9.59 Å². The number of halogens is 1. The number of likely N-dealkylation sites (N-methyl/N-ethyl adjacent to an activating group) is 1. The molecule has 0 saturated carbocycles. The minimum Gasteiger partial charge on any atom is -0.495 e. The Bertz CT molecular complexity index is 1330. The van der Waals surface area contributed by atoms with Crippen LogP contribution in [-0.2, 0) is 16.0 Å². The summed E-state index contributed by atoms with van der Waals surface area (Å²) in [5.41, 5.74) is 4.24. The number of anilines is 1. The highest BCUT2D eigenvalue weighted by atomic mass is 19.1. The number of ether oxygens (including phenoxy) is 1. The molecule has 4 aromatic rings. The highest BCUT2D eigenvalue weighted by Gasteiger charge is 2.19. The highest BCUT2D eigenvalue weighted by molar-refractivity contribution is 5.96. The first kappa shape index (κ1) is 24.0. The number of rotatable bonds is 9. The Morgan fingerprint density at radius 2 is 1.71 bits per heavy atom. The van der Waals surface area contributed by atoms with Crippen LogP contribution in [0.2, 0.25) is 0 Å². The van der Waals surface area contributed by atoms with Crippen LogP contribution in [0.4, 0.5) is 10.1 Å². The van der Waals surface area contributed by atoms with Gasteiger partial charge in [-0.15, -0.1) is 0 Å². The van der Waals surface area contributed by atoms with Crippen molar-refractivity contribution in [2.75, 3.05) is 25.5 Å². The number of carbonyl (C=O) groups excluding carboxylic acids is 2. The van der Waals surface area contributed by atoms with Crippen molar-refractivity contribution >= 4 is 28.4 Å². The van der Waals surface area contributed by atoms with Crippen molar-refractivity contribution in [3.63, 3.8) is 0 Å². The molecule has 2 N–H and O–H groups in total. The molecular formula is C28H28FN3O3. The molecule has 6 nitrogen and oxygen atoms in total. The van der Waals surface area contributed by atoms with Gasteiger partial charge in [-0.2, -0.15) is 0 Å². The molecule has 0 saturated heterocycles. The third-order valence-electron chi connectivity index (χ3n) is 5.99. The summed E-state index contributed by atoms with van der Waals surface area (Å²) in [6, 6.07) is 21.3. The van der Waals surface area contributed by atoms with Crippen LogP contribution in [-0.4, -0.2) is 41.9 Å². The van der Waals surface area contributed by atoms with Crippen LogP contribution in [0, 0.1) is 5.82 Å². The smallest absolute Gasteiger partial charge is 0.244 e. The molecule has 7 heteroatoms. The fourth-order valence-corrected chi connectivity index (χ4v) is 4.20. The number of para-hydroxylation sites is 3. The number of aryl methyl sites for hydroxylation is 1. The zero-order chi connectivity index (χ0) is 24.8. The number of aromatic nitrogens is 1. The van der Waals surface area contributed by atoms with E-state index in [0.717, 1.165) is 27.7 Å². The van der Waals surface area contributed by atoms with Crippen molar-refractivity contribution in [1.82, 2.24) is 9.88 Å². The number of hydrogen-bond acceptors (Lipinski definition) is 3. The quantitative estimate of drug-likeness (QED) is 0.342. The van der Waals surface area contributed by atoms with Gasteiger partial charge >= 0.3 is 0 Å². The molecule has 0 aliphatic rings. The monoisotopic (exact) mass is 473 g/mol. The van der Waals surface area contributed by atoms with Crippen molar-refractivity contribution in [3.8, 4) is 17.0 Å². The van der Waals surface area contributed by atoms with Gasteiger partial charge in [-0.05, 0) is 66.9 Å². The number of amides is 2. The van der Waals surface area contributed by atoms with E-state index in [1.165, 1.54) is 24.1 Å². The van der Waals surface area contributed by atoms with E-state index >= 15 is 0 Å². The summed E-state index contributed by atoms with van der Waals surface area (Å²) in [7, 11) is 1.54. The topological polar surface area (TPSA) is 74.4 Å². The van der Waals surface area contributed by atoms with Crippen molar-refractivity contribution in [2.24, 2.45) is 0 Å². The van der Waals surface area contributed by atoms with Gasteiger partial charge < -0.3 is 19.9 Å². The Kier molecular flexibility index (Phi) is 7.45. The number of benzene rings is 3. The van der Waals surface area contributed by atoms with E-state index in [2.05, 4.69) is 10.3 Å². The number of aromatic amines is 1. The molecule has 0 fully saturated rings. The number of carbonyl (C=O) groups is 2. The maximum absolute atomic E-state index is 13.5. The van der Waals surface area contributed by atoms with E-state index < -0.39 is 0 Å². The Labute approximate surface area is 203 Å². The van der Waals surface area contributed by atoms with Gasteiger partial charge in [0, 0.05) is 29.6 Å². The lowest BCUT2D eigenvalue weighted by atomic mass is 10.0. The molecule has 2 amide bonds. The third-order valence-corrected chi connectivity index (χ3v) is 5.99.